The summed E-state index contributed by atoms with van der Waals surface area (Å²) in [5, 5.41) is 11.3. The molecule has 0 spiro atoms. The number of carbonyl (C=O) groups excluding carboxylic acids is 1. The van der Waals surface area contributed by atoms with Gasteiger partial charge in [-0.25, -0.2) is 4.68 Å². The van der Waals surface area contributed by atoms with Gasteiger partial charge in [-0.05, 0) is 38.4 Å². The van der Waals surface area contributed by atoms with Gasteiger partial charge in [-0.2, -0.15) is 5.10 Å². The van der Waals surface area contributed by atoms with Crippen LogP contribution in [0.25, 0.3) is 5.69 Å². The molecule has 2 heterocycles. The standard InChI is InChI=1S/C16H19ClN4O/c1-11-13(16(22)20-12-5-4-8-18-9-12)10-19-21(11)15-7-3-2-6-14(15)17/h2-3,6-7,10,12,18H,4-5,8-9H2,1H3,(H,20,22)/t12-/m0/s1. The molecule has 1 aromatic heterocycles. The number of para-hydroxylation sites is 1. The van der Waals surface area contributed by atoms with Crippen molar-refractivity contribution in [3.05, 3.63) is 46.7 Å². The second kappa shape index (κ2) is 6.50. The van der Waals surface area contributed by atoms with Crippen LogP contribution in [0, 0.1) is 6.92 Å². The average Bonchev–Trinajstić information content (AvgIpc) is 2.90. The van der Waals surface area contributed by atoms with Crippen molar-refractivity contribution >= 4 is 17.5 Å². The second-order valence-electron chi connectivity index (χ2n) is 5.52. The van der Waals surface area contributed by atoms with E-state index in [4.69, 9.17) is 11.6 Å². The molecule has 1 fully saturated rings. The van der Waals surface area contributed by atoms with Crippen LogP contribution in [0.4, 0.5) is 0 Å². The lowest BCUT2D eigenvalue weighted by molar-refractivity contribution is 0.0930. The normalized spacial score (nSPS) is 18.2. The maximum absolute atomic E-state index is 12.4. The first-order valence-electron chi connectivity index (χ1n) is 7.48. The molecule has 5 nitrogen and oxygen atoms in total. The summed E-state index contributed by atoms with van der Waals surface area (Å²) in [4.78, 5) is 12.4. The van der Waals surface area contributed by atoms with Crippen molar-refractivity contribution in [3.63, 3.8) is 0 Å². The van der Waals surface area contributed by atoms with Crippen LogP contribution < -0.4 is 10.6 Å². The molecule has 1 aliphatic heterocycles. The number of benzene rings is 1. The number of nitrogens with zero attached hydrogens (tertiary/aromatic N) is 2. The van der Waals surface area contributed by atoms with E-state index in [2.05, 4.69) is 15.7 Å². The van der Waals surface area contributed by atoms with Crippen LogP contribution in [0.15, 0.2) is 30.5 Å². The van der Waals surface area contributed by atoms with Crippen LogP contribution in [0.3, 0.4) is 0 Å². The molecular weight excluding hydrogens is 300 g/mol. The number of aromatic nitrogens is 2. The minimum Gasteiger partial charge on any atom is -0.348 e. The van der Waals surface area contributed by atoms with Gasteiger partial charge < -0.3 is 10.6 Å². The summed E-state index contributed by atoms with van der Waals surface area (Å²) in [7, 11) is 0. The predicted octanol–water partition coefficient (Wildman–Crippen LogP) is 2.32. The monoisotopic (exact) mass is 318 g/mol. The SMILES string of the molecule is Cc1c(C(=O)N[C@H]2CCCNC2)cnn1-c1ccccc1Cl. The summed E-state index contributed by atoms with van der Waals surface area (Å²) >= 11 is 6.21. The van der Waals surface area contributed by atoms with E-state index in [9.17, 15) is 4.79 Å². The Morgan fingerprint density at radius 2 is 2.27 bits per heavy atom. The van der Waals surface area contributed by atoms with E-state index < -0.39 is 0 Å². The van der Waals surface area contributed by atoms with Crippen molar-refractivity contribution in [2.75, 3.05) is 13.1 Å². The largest absolute Gasteiger partial charge is 0.348 e. The molecular formula is C16H19ClN4O. The number of hydrogen-bond donors (Lipinski definition) is 2. The number of nitrogens with one attached hydrogen (secondary N) is 2. The molecule has 1 aromatic carbocycles. The number of amides is 1. The molecule has 3 rings (SSSR count). The van der Waals surface area contributed by atoms with E-state index in [0.717, 1.165) is 37.3 Å². The Bertz CT molecular complexity index is 677. The van der Waals surface area contributed by atoms with Gasteiger partial charge in [0, 0.05) is 12.6 Å². The second-order valence-corrected chi connectivity index (χ2v) is 5.93. The number of carbonyl (C=O) groups is 1. The Morgan fingerprint density at radius 1 is 1.45 bits per heavy atom. The zero-order chi connectivity index (χ0) is 15.5. The van der Waals surface area contributed by atoms with Gasteiger partial charge in [0.2, 0.25) is 0 Å². The van der Waals surface area contributed by atoms with Gasteiger partial charge in [0.15, 0.2) is 0 Å². The van der Waals surface area contributed by atoms with Crippen LogP contribution in [0.1, 0.15) is 28.9 Å². The van der Waals surface area contributed by atoms with Crippen molar-refractivity contribution in [1.82, 2.24) is 20.4 Å². The number of halogens is 1. The van der Waals surface area contributed by atoms with Gasteiger partial charge in [-0.1, -0.05) is 23.7 Å². The highest BCUT2D eigenvalue weighted by atomic mass is 35.5. The highest BCUT2D eigenvalue weighted by molar-refractivity contribution is 6.32. The third-order valence-electron chi connectivity index (χ3n) is 3.97. The maximum atomic E-state index is 12.4. The Morgan fingerprint density at radius 3 is 3.00 bits per heavy atom. The van der Waals surface area contributed by atoms with Gasteiger partial charge in [0.05, 0.1) is 28.2 Å². The quantitative estimate of drug-likeness (QED) is 0.913. The third kappa shape index (κ3) is 3.00. The molecule has 22 heavy (non-hydrogen) atoms. The highest BCUT2D eigenvalue weighted by Crippen LogP contribution is 2.22. The summed E-state index contributed by atoms with van der Waals surface area (Å²) in [5.41, 5.74) is 2.15. The summed E-state index contributed by atoms with van der Waals surface area (Å²) in [6.45, 7) is 3.73. The Kier molecular flexibility index (Phi) is 4.45. The summed E-state index contributed by atoms with van der Waals surface area (Å²) in [6.07, 6.45) is 3.70. The van der Waals surface area contributed by atoms with Gasteiger partial charge >= 0.3 is 0 Å². The molecule has 116 valence electrons. The molecule has 0 aliphatic carbocycles. The molecule has 1 atom stereocenters. The smallest absolute Gasteiger partial charge is 0.255 e. The molecule has 0 unspecified atom stereocenters. The van der Waals surface area contributed by atoms with E-state index in [-0.39, 0.29) is 11.9 Å². The van der Waals surface area contributed by atoms with Gasteiger partial charge in [-0.3, -0.25) is 4.79 Å². The van der Waals surface area contributed by atoms with E-state index in [1.807, 2.05) is 31.2 Å². The molecule has 0 bridgehead atoms. The Hall–Kier alpha value is -1.85. The van der Waals surface area contributed by atoms with Crippen LogP contribution in [-0.4, -0.2) is 34.8 Å². The van der Waals surface area contributed by atoms with Crippen molar-refractivity contribution < 1.29 is 4.79 Å². The highest BCUT2D eigenvalue weighted by Gasteiger charge is 2.20. The topological polar surface area (TPSA) is 59.0 Å². The van der Waals surface area contributed by atoms with Crippen LogP contribution in [0.5, 0.6) is 0 Å². The summed E-state index contributed by atoms with van der Waals surface area (Å²) in [5.74, 6) is -0.0792. The fraction of sp³-hybridized carbons (Fsp3) is 0.375. The lowest BCUT2D eigenvalue weighted by Crippen LogP contribution is -2.45. The van der Waals surface area contributed by atoms with E-state index in [1.54, 1.807) is 10.9 Å². The van der Waals surface area contributed by atoms with E-state index >= 15 is 0 Å². The number of rotatable bonds is 3. The zero-order valence-electron chi connectivity index (χ0n) is 12.5. The fourth-order valence-corrected chi connectivity index (χ4v) is 2.95. The molecule has 0 radical (unpaired) electrons. The first-order valence-corrected chi connectivity index (χ1v) is 7.85. The Balaban J connectivity index is 1.81. The average molecular weight is 319 g/mol. The van der Waals surface area contributed by atoms with Gasteiger partial charge in [0.1, 0.15) is 0 Å². The van der Waals surface area contributed by atoms with E-state index in [0.29, 0.717) is 10.6 Å². The molecule has 1 saturated heterocycles. The molecule has 1 aliphatic rings. The van der Waals surface area contributed by atoms with Crippen LogP contribution in [0.2, 0.25) is 5.02 Å². The maximum Gasteiger partial charge on any atom is 0.255 e. The summed E-state index contributed by atoms with van der Waals surface area (Å²) < 4.78 is 1.70. The Labute approximate surface area is 134 Å². The first kappa shape index (κ1) is 15.1. The lowest BCUT2D eigenvalue weighted by Gasteiger charge is -2.23. The van der Waals surface area contributed by atoms with Gasteiger partial charge in [0.25, 0.3) is 5.91 Å². The van der Waals surface area contributed by atoms with Crippen molar-refractivity contribution in [1.29, 1.82) is 0 Å². The van der Waals surface area contributed by atoms with Gasteiger partial charge in [-0.15, -0.1) is 0 Å². The van der Waals surface area contributed by atoms with Crippen LogP contribution >= 0.6 is 11.6 Å². The molecule has 6 heteroatoms. The minimum absolute atomic E-state index is 0.0792. The molecule has 2 aromatic rings. The summed E-state index contributed by atoms with van der Waals surface area (Å²) in [6, 6.07) is 7.65. The van der Waals surface area contributed by atoms with E-state index in [1.165, 1.54) is 0 Å². The first-order chi connectivity index (χ1) is 10.7. The number of piperidine rings is 1. The van der Waals surface area contributed by atoms with Crippen molar-refractivity contribution in [3.8, 4) is 5.69 Å². The third-order valence-corrected chi connectivity index (χ3v) is 4.29. The molecule has 0 saturated carbocycles. The molecule has 1 amide bonds. The number of hydrogen-bond acceptors (Lipinski definition) is 3. The van der Waals surface area contributed by atoms with Crippen molar-refractivity contribution in [2.45, 2.75) is 25.8 Å². The molecule has 2 N–H and O–H groups in total. The predicted molar refractivity (Wildman–Crippen MR) is 86.7 cm³/mol. The lowest BCUT2D eigenvalue weighted by atomic mass is 10.1. The fourth-order valence-electron chi connectivity index (χ4n) is 2.74. The zero-order valence-corrected chi connectivity index (χ0v) is 13.2. The van der Waals surface area contributed by atoms with Crippen molar-refractivity contribution in [2.24, 2.45) is 0 Å². The van der Waals surface area contributed by atoms with Crippen LogP contribution in [-0.2, 0) is 0 Å². The minimum atomic E-state index is -0.0792.